The zero-order valence-electron chi connectivity index (χ0n) is 10.9. The molecule has 2 N–H and O–H groups in total. The number of carbonyl (C=O) groups excluding carboxylic acids is 2. The fraction of sp³-hybridized carbons (Fsp3) is 0.818. The summed E-state index contributed by atoms with van der Waals surface area (Å²) >= 11 is 0. The first-order chi connectivity index (χ1) is 7.81. The van der Waals surface area contributed by atoms with Gasteiger partial charge in [-0.15, -0.1) is 0 Å². The average Bonchev–Trinajstić information content (AvgIpc) is 2.63. The quantitative estimate of drug-likeness (QED) is 0.719. The number of hydrogen-bond donors (Lipinski definition) is 2. The van der Waals surface area contributed by atoms with Gasteiger partial charge in [-0.2, -0.15) is 0 Å². The second kappa shape index (κ2) is 5.25. The Morgan fingerprint density at radius 1 is 1.35 bits per heavy atom. The molecule has 0 bridgehead atoms. The number of nitrogens with one attached hydrogen (secondary N) is 2. The number of nitrogens with zero attached hydrogens (tertiary/aromatic N) is 1. The Morgan fingerprint density at radius 2 is 2.00 bits per heavy atom. The first-order valence-electron chi connectivity index (χ1n) is 5.73. The SMILES string of the molecule is COC(=O)NC1CCN(C(=O)NC(C)(C)C)C1. The van der Waals surface area contributed by atoms with Crippen LogP contribution in [0.1, 0.15) is 27.2 Å². The van der Waals surface area contributed by atoms with Crippen LogP contribution >= 0.6 is 0 Å². The summed E-state index contributed by atoms with van der Waals surface area (Å²) in [5, 5.41) is 5.59. The van der Waals surface area contributed by atoms with Crippen LogP contribution in [0.2, 0.25) is 0 Å². The van der Waals surface area contributed by atoms with Crippen molar-refractivity contribution in [3.05, 3.63) is 0 Å². The third-order valence-corrected chi connectivity index (χ3v) is 2.46. The third-order valence-electron chi connectivity index (χ3n) is 2.46. The first-order valence-corrected chi connectivity index (χ1v) is 5.73. The van der Waals surface area contributed by atoms with E-state index >= 15 is 0 Å². The molecule has 17 heavy (non-hydrogen) atoms. The highest BCUT2D eigenvalue weighted by Gasteiger charge is 2.29. The molecule has 0 aromatic heterocycles. The molecule has 1 heterocycles. The number of ether oxygens (including phenoxy) is 1. The van der Waals surface area contributed by atoms with E-state index in [9.17, 15) is 9.59 Å². The number of likely N-dealkylation sites (tertiary alicyclic amines) is 1. The number of hydrogen-bond acceptors (Lipinski definition) is 3. The molecule has 98 valence electrons. The molecule has 1 saturated heterocycles. The Hall–Kier alpha value is -1.46. The highest BCUT2D eigenvalue weighted by molar-refractivity contribution is 5.75. The van der Waals surface area contributed by atoms with E-state index in [0.717, 1.165) is 6.42 Å². The maximum absolute atomic E-state index is 11.8. The second-order valence-electron chi connectivity index (χ2n) is 5.25. The Balaban J connectivity index is 2.39. The summed E-state index contributed by atoms with van der Waals surface area (Å²) in [6, 6.07) is -0.111. The van der Waals surface area contributed by atoms with Gasteiger partial charge in [-0.3, -0.25) is 0 Å². The van der Waals surface area contributed by atoms with Crippen molar-refractivity contribution in [1.29, 1.82) is 0 Å². The van der Waals surface area contributed by atoms with Crippen LogP contribution < -0.4 is 10.6 Å². The van der Waals surface area contributed by atoms with Gasteiger partial charge in [-0.05, 0) is 27.2 Å². The van der Waals surface area contributed by atoms with Gasteiger partial charge in [0.15, 0.2) is 0 Å². The maximum atomic E-state index is 11.8. The van der Waals surface area contributed by atoms with Gasteiger partial charge in [0.2, 0.25) is 0 Å². The van der Waals surface area contributed by atoms with Crippen molar-refractivity contribution in [3.8, 4) is 0 Å². The number of rotatable bonds is 1. The van der Waals surface area contributed by atoms with Crippen LogP contribution in [0.5, 0.6) is 0 Å². The zero-order valence-corrected chi connectivity index (χ0v) is 10.9. The molecule has 1 unspecified atom stereocenters. The highest BCUT2D eigenvalue weighted by Crippen LogP contribution is 2.11. The van der Waals surface area contributed by atoms with Crippen LogP contribution in [-0.2, 0) is 4.74 Å². The van der Waals surface area contributed by atoms with Gasteiger partial charge in [0.1, 0.15) is 0 Å². The van der Waals surface area contributed by atoms with Crippen molar-refractivity contribution in [1.82, 2.24) is 15.5 Å². The molecule has 0 saturated carbocycles. The van der Waals surface area contributed by atoms with E-state index in [-0.39, 0.29) is 17.6 Å². The third kappa shape index (κ3) is 4.50. The Morgan fingerprint density at radius 3 is 2.53 bits per heavy atom. The zero-order chi connectivity index (χ0) is 13.1. The molecule has 0 spiro atoms. The van der Waals surface area contributed by atoms with E-state index in [4.69, 9.17) is 0 Å². The van der Waals surface area contributed by atoms with E-state index in [2.05, 4.69) is 15.4 Å². The Labute approximate surface area is 102 Å². The second-order valence-corrected chi connectivity index (χ2v) is 5.25. The molecule has 3 amide bonds. The van der Waals surface area contributed by atoms with E-state index < -0.39 is 6.09 Å². The van der Waals surface area contributed by atoms with Gasteiger partial charge in [-0.25, -0.2) is 9.59 Å². The normalized spacial score (nSPS) is 20.0. The number of urea groups is 1. The molecule has 1 aliphatic rings. The molecule has 1 aliphatic heterocycles. The molecule has 0 aromatic rings. The highest BCUT2D eigenvalue weighted by atomic mass is 16.5. The van der Waals surface area contributed by atoms with Gasteiger partial charge in [0.05, 0.1) is 13.2 Å². The molecule has 0 radical (unpaired) electrons. The smallest absolute Gasteiger partial charge is 0.407 e. The van der Waals surface area contributed by atoms with Crippen LogP contribution in [0.3, 0.4) is 0 Å². The van der Waals surface area contributed by atoms with E-state index in [1.807, 2.05) is 20.8 Å². The minimum Gasteiger partial charge on any atom is -0.453 e. The molecule has 1 atom stereocenters. The van der Waals surface area contributed by atoms with Crippen molar-refractivity contribution in [2.45, 2.75) is 38.8 Å². The summed E-state index contributed by atoms with van der Waals surface area (Å²) in [4.78, 5) is 24.6. The molecule has 0 aliphatic carbocycles. The number of amides is 3. The van der Waals surface area contributed by atoms with Crippen LogP contribution in [0.4, 0.5) is 9.59 Å². The topological polar surface area (TPSA) is 70.7 Å². The van der Waals surface area contributed by atoms with Crippen LogP contribution in [-0.4, -0.2) is 48.8 Å². The molecule has 6 nitrogen and oxygen atoms in total. The maximum Gasteiger partial charge on any atom is 0.407 e. The predicted octanol–water partition coefficient (Wildman–Crippen LogP) is 0.925. The number of alkyl carbamates (subject to hydrolysis) is 1. The minimum absolute atomic E-state index is 0.0202. The summed E-state index contributed by atoms with van der Waals surface area (Å²) in [6.07, 6.45) is 0.306. The van der Waals surface area contributed by atoms with Crippen molar-refractivity contribution in [3.63, 3.8) is 0 Å². The van der Waals surface area contributed by atoms with Gasteiger partial charge < -0.3 is 20.3 Å². The van der Waals surface area contributed by atoms with Gasteiger partial charge in [0.25, 0.3) is 0 Å². The molecule has 0 aromatic carbocycles. The summed E-state index contributed by atoms with van der Waals surface area (Å²) in [5.41, 5.74) is -0.245. The van der Waals surface area contributed by atoms with Crippen molar-refractivity contribution in [2.24, 2.45) is 0 Å². The summed E-state index contributed by atoms with van der Waals surface area (Å²) in [6.45, 7) is 6.98. The summed E-state index contributed by atoms with van der Waals surface area (Å²) < 4.78 is 4.52. The number of carbonyl (C=O) groups is 2. The van der Waals surface area contributed by atoms with Crippen LogP contribution in [0.15, 0.2) is 0 Å². The van der Waals surface area contributed by atoms with Gasteiger partial charge in [-0.1, -0.05) is 0 Å². The lowest BCUT2D eigenvalue weighted by Gasteiger charge is -2.25. The Bertz CT molecular complexity index is 299. The van der Waals surface area contributed by atoms with Crippen molar-refractivity contribution >= 4 is 12.1 Å². The lowest BCUT2D eigenvalue weighted by molar-refractivity contribution is 0.165. The van der Waals surface area contributed by atoms with Crippen LogP contribution in [0, 0.1) is 0 Å². The van der Waals surface area contributed by atoms with Crippen LogP contribution in [0.25, 0.3) is 0 Å². The largest absolute Gasteiger partial charge is 0.453 e. The lowest BCUT2D eigenvalue weighted by atomic mass is 10.1. The summed E-state index contributed by atoms with van der Waals surface area (Å²) in [5.74, 6) is 0. The molecule has 6 heteroatoms. The van der Waals surface area contributed by atoms with Crippen molar-refractivity contribution in [2.75, 3.05) is 20.2 Å². The Kier molecular flexibility index (Phi) is 4.20. The lowest BCUT2D eigenvalue weighted by Crippen LogP contribution is -2.48. The minimum atomic E-state index is -0.451. The fourth-order valence-corrected chi connectivity index (χ4v) is 1.69. The first kappa shape index (κ1) is 13.6. The monoisotopic (exact) mass is 243 g/mol. The average molecular weight is 243 g/mol. The van der Waals surface area contributed by atoms with E-state index in [0.29, 0.717) is 13.1 Å². The number of methoxy groups -OCH3 is 1. The van der Waals surface area contributed by atoms with E-state index in [1.165, 1.54) is 7.11 Å². The van der Waals surface area contributed by atoms with Gasteiger partial charge in [0, 0.05) is 18.6 Å². The molecular formula is C11H21N3O3. The molecule has 1 fully saturated rings. The van der Waals surface area contributed by atoms with E-state index in [1.54, 1.807) is 4.90 Å². The fourth-order valence-electron chi connectivity index (χ4n) is 1.69. The van der Waals surface area contributed by atoms with Crippen molar-refractivity contribution < 1.29 is 14.3 Å². The standard InChI is InChI=1S/C11H21N3O3/c1-11(2,3)13-9(15)14-6-5-8(7-14)12-10(16)17-4/h8H,5-7H2,1-4H3,(H,12,16)(H,13,15). The van der Waals surface area contributed by atoms with Gasteiger partial charge >= 0.3 is 12.1 Å². The molecular weight excluding hydrogens is 222 g/mol. The molecule has 1 rings (SSSR count). The summed E-state index contributed by atoms with van der Waals surface area (Å²) in [7, 11) is 1.33. The predicted molar refractivity (Wildman–Crippen MR) is 63.8 cm³/mol.